The highest BCUT2D eigenvalue weighted by molar-refractivity contribution is 5.67. The van der Waals surface area contributed by atoms with E-state index in [2.05, 4.69) is 5.32 Å². The molecule has 1 atom stereocenters. The molecule has 4 nitrogen and oxygen atoms in total. The lowest BCUT2D eigenvalue weighted by atomic mass is 9.84. The van der Waals surface area contributed by atoms with Gasteiger partial charge in [0.1, 0.15) is 0 Å². The van der Waals surface area contributed by atoms with E-state index in [0.29, 0.717) is 5.92 Å². The average molecular weight is 212 g/mol. The first-order valence-corrected chi connectivity index (χ1v) is 5.85. The number of amides is 1. The SMILES string of the molecule is COC(=O)N1CCC(C2CCNCC2)C1. The van der Waals surface area contributed by atoms with E-state index in [1.54, 1.807) is 0 Å². The van der Waals surface area contributed by atoms with Crippen LogP contribution in [0.15, 0.2) is 0 Å². The maximum atomic E-state index is 11.3. The zero-order valence-corrected chi connectivity index (χ0v) is 9.37. The summed E-state index contributed by atoms with van der Waals surface area (Å²) >= 11 is 0. The van der Waals surface area contributed by atoms with Crippen LogP contribution in [0.5, 0.6) is 0 Å². The first-order valence-electron chi connectivity index (χ1n) is 5.85. The van der Waals surface area contributed by atoms with Gasteiger partial charge in [-0.1, -0.05) is 0 Å². The van der Waals surface area contributed by atoms with Gasteiger partial charge in [-0.05, 0) is 44.2 Å². The van der Waals surface area contributed by atoms with Crippen molar-refractivity contribution < 1.29 is 9.53 Å². The summed E-state index contributed by atoms with van der Waals surface area (Å²) in [6.45, 7) is 4.05. The Labute approximate surface area is 91.0 Å². The third kappa shape index (κ3) is 2.43. The van der Waals surface area contributed by atoms with Gasteiger partial charge in [0.05, 0.1) is 7.11 Å². The zero-order valence-electron chi connectivity index (χ0n) is 9.37. The smallest absolute Gasteiger partial charge is 0.409 e. The highest BCUT2D eigenvalue weighted by atomic mass is 16.5. The van der Waals surface area contributed by atoms with Crippen molar-refractivity contribution >= 4 is 6.09 Å². The number of hydrogen-bond acceptors (Lipinski definition) is 3. The Morgan fingerprint density at radius 2 is 2.00 bits per heavy atom. The van der Waals surface area contributed by atoms with Gasteiger partial charge in [-0.2, -0.15) is 0 Å². The summed E-state index contributed by atoms with van der Waals surface area (Å²) in [5.41, 5.74) is 0. The van der Waals surface area contributed by atoms with E-state index in [9.17, 15) is 4.79 Å². The monoisotopic (exact) mass is 212 g/mol. The average Bonchev–Trinajstić information content (AvgIpc) is 2.78. The normalized spacial score (nSPS) is 28.1. The predicted molar refractivity (Wildman–Crippen MR) is 57.7 cm³/mol. The maximum Gasteiger partial charge on any atom is 0.409 e. The molecule has 2 fully saturated rings. The van der Waals surface area contributed by atoms with Crippen LogP contribution in [-0.4, -0.2) is 44.3 Å². The van der Waals surface area contributed by atoms with Crippen LogP contribution in [0, 0.1) is 11.8 Å². The van der Waals surface area contributed by atoms with Gasteiger partial charge >= 0.3 is 6.09 Å². The fraction of sp³-hybridized carbons (Fsp3) is 0.909. The molecule has 0 aromatic rings. The molecule has 0 radical (unpaired) electrons. The molecule has 0 saturated carbocycles. The van der Waals surface area contributed by atoms with Gasteiger partial charge in [0, 0.05) is 13.1 Å². The number of carbonyl (C=O) groups excluding carboxylic acids is 1. The van der Waals surface area contributed by atoms with Gasteiger partial charge in [0.15, 0.2) is 0 Å². The molecule has 0 spiro atoms. The minimum atomic E-state index is -0.161. The summed E-state index contributed by atoms with van der Waals surface area (Å²) in [4.78, 5) is 13.2. The molecule has 0 aliphatic carbocycles. The molecule has 2 rings (SSSR count). The van der Waals surface area contributed by atoms with E-state index in [-0.39, 0.29) is 6.09 Å². The van der Waals surface area contributed by atoms with Crippen molar-refractivity contribution in [3.05, 3.63) is 0 Å². The Balaban J connectivity index is 1.83. The molecule has 0 aromatic heterocycles. The number of carbonyl (C=O) groups is 1. The first kappa shape index (κ1) is 10.7. The van der Waals surface area contributed by atoms with Crippen LogP contribution >= 0.6 is 0 Å². The number of nitrogens with one attached hydrogen (secondary N) is 1. The van der Waals surface area contributed by atoms with E-state index in [1.807, 2.05) is 4.90 Å². The summed E-state index contributed by atoms with van der Waals surface area (Å²) < 4.78 is 4.74. The van der Waals surface area contributed by atoms with Gasteiger partial charge < -0.3 is 15.0 Å². The van der Waals surface area contributed by atoms with Crippen molar-refractivity contribution in [2.24, 2.45) is 11.8 Å². The molecule has 1 amide bonds. The second-order valence-electron chi connectivity index (χ2n) is 4.55. The lowest BCUT2D eigenvalue weighted by molar-refractivity contribution is 0.129. The second kappa shape index (κ2) is 4.84. The van der Waals surface area contributed by atoms with Crippen LogP contribution in [-0.2, 0) is 4.74 Å². The predicted octanol–water partition coefficient (Wildman–Crippen LogP) is 1.07. The Hall–Kier alpha value is -0.770. The van der Waals surface area contributed by atoms with Gasteiger partial charge in [-0.25, -0.2) is 4.79 Å². The molecule has 2 saturated heterocycles. The molecule has 2 aliphatic rings. The fourth-order valence-electron chi connectivity index (χ4n) is 2.78. The van der Waals surface area contributed by atoms with Crippen molar-refractivity contribution in [2.75, 3.05) is 33.3 Å². The van der Waals surface area contributed by atoms with Crippen LogP contribution in [0.4, 0.5) is 4.79 Å². The van der Waals surface area contributed by atoms with E-state index in [4.69, 9.17) is 4.74 Å². The van der Waals surface area contributed by atoms with Gasteiger partial charge in [-0.15, -0.1) is 0 Å². The zero-order chi connectivity index (χ0) is 10.7. The number of piperidine rings is 1. The van der Waals surface area contributed by atoms with Crippen molar-refractivity contribution in [3.63, 3.8) is 0 Å². The molecule has 1 N–H and O–H groups in total. The lowest BCUT2D eigenvalue weighted by Gasteiger charge is -2.27. The van der Waals surface area contributed by atoms with Crippen molar-refractivity contribution in [1.29, 1.82) is 0 Å². The molecule has 86 valence electrons. The standard InChI is InChI=1S/C11H20N2O2/c1-15-11(14)13-7-4-10(8-13)9-2-5-12-6-3-9/h9-10,12H,2-8H2,1H3. The van der Waals surface area contributed by atoms with Crippen molar-refractivity contribution in [2.45, 2.75) is 19.3 Å². The summed E-state index contributed by atoms with van der Waals surface area (Å²) in [6, 6.07) is 0. The fourth-order valence-corrected chi connectivity index (χ4v) is 2.78. The minimum absolute atomic E-state index is 0.161. The number of ether oxygens (including phenoxy) is 1. The number of rotatable bonds is 1. The number of hydrogen-bond donors (Lipinski definition) is 1. The Bertz CT molecular complexity index is 227. The van der Waals surface area contributed by atoms with Crippen molar-refractivity contribution in [1.82, 2.24) is 10.2 Å². The van der Waals surface area contributed by atoms with Gasteiger partial charge in [-0.3, -0.25) is 0 Å². The van der Waals surface area contributed by atoms with E-state index in [0.717, 1.165) is 38.5 Å². The lowest BCUT2D eigenvalue weighted by Crippen LogP contribution is -2.34. The molecule has 2 aliphatic heterocycles. The van der Waals surface area contributed by atoms with Crippen LogP contribution in [0.1, 0.15) is 19.3 Å². The third-order valence-electron chi connectivity index (χ3n) is 3.71. The molecule has 1 unspecified atom stereocenters. The highest BCUT2D eigenvalue weighted by Gasteiger charge is 2.32. The molecule has 0 bridgehead atoms. The highest BCUT2D eigenvalue weighted by Crippen LogP contribution is 2.30. The van der Waals surface area contributed by atoms with E-state index >= 15 is 0 Å². The molecule has 2 heterocycles. The topological polar surface area (TPSA) is 41.6 Å². The quantitative estimate of drug-likeness (QED) is 0.707. The number of methoxy groups -OCH3 is 1. The van der Waals surface area contributed by atoms with Crippen LogP contribution in [0.3, 0.4) is 0 Å². The van der Waals surface area contributed by atoms with Gasteiger partial charge in [0.25, 0.3) is 0 Å². The summed E-state index contributed by atoms with van der Waals surface area (Å²) in [6.07, 6.45) is 3.52. The maximum absolute atomic E-state index is 11.3. The second-order valence-corrected chi connectivity index (χ2v) is 4.55. The van der Waals surface area contributed by atoms with Crippen LogP contribution in [0.2, 0.25) is 0 Å². The number of likely N-dealkylation sites (tertiary alicyclic amines) is 1. The van der Waals surface area contributed by atoms with E-state index in [1.165, 1.54) is 20.0 Å². The summed E-state index contributed by atoms with van der Waals surface area (Å²) in [5.74, 6) is 1.51. The summed E-state index contributed by atoms with van der Waals surface area (Å²) in [5, 5.41) is 3.38. The Morgan fingerprint density at radius 1 is 1.27 bits per heavy atom. The minimum Gasteiger partial charge on any atom is -0.453 e. The molecule has 4 heteroatoms. The Morgan fingerprint density at radius 3 is 2.67 bits per heavy atom. The van der Waals surface area contributed by atoms with Crippen molar-refractivity contribution in [3.8, 4) is 0 Å². The molecule has 15 heavy (non-hydrogen) atoms. The first-order chi connectivity index (χ1) is 7.31. The third-order valence-corrected chi connectivity index (χ3v) is 3.71. The molecule has 0 aromatic carbocycles. The summed E-state index contributed by atoms with van der Waals surface area (Å²) in [7, 11) is 1.46. The molecular weight excluding hydrogens is 192 g/mol. The molecular formula is C11H20N2O2. The number of nitrogens with zero attached hydrogens (tertiary/aromatic N) is 1. The van der Waals surface area contributed by atoms with Crippen LogP contribution < -0.4 is 5.32 Å². The largest absolute Gasteiger partial charge is 0.453 e. The van der Waals surface area contributed by atoms with E-state index < -0.39 is 0 Å². The van der Waals surface area contributed by atoms with Crippen LogP contribution in [0.25, 0.3) is 0 Å². The Kier molecular flexibility index (Phi) is 3.46. The van der Waals surface area contributed by atoms with Gasteiger partial charge in [0.2, 0.25) is 0 Å².